The summed E-state index contributed by atoms with van der Waals surface area (Å²) in [5.41, 5.74) is 9.77. The van der Waals surface area contributed by atoms with Crippen LogP contribution in [0.4, 0.5) is 17.4 Å². The zero-order valence-corrected chi connectivity index (χ0v) is 19.6. The maximum Gasteiger partial charge on any atom is 0.300 e. The third-order valence-electron chi connectivity index (χ3n) is 6.14. The Morgan fingerprint density at radius 3 is 2.63 bits per heavy atom. The number of nitrogens with zero attached hydrogens (tertiary/aromatic N) is 4. The van der Waals surface area contributed by atoms with E-state index in [2.05, 4.69) is 44.1 Å². The highest BCUT2D eigenvalue weighted by Gasteiger charge is 2.16. The Kier molecular flexibility index (Phi) is 6.49. The first-order chi connectivity index (χ1) is 17.1. The molecule has 3 N–H and O–H groups in total. The first-order valence-corrected chi connectivity index (χ1v) is 11.7. The smallest absolute Gasteiger partial charge is 0.300 e. The van der Waals surface area contributed by atoms with Crippen LogP contribution in [-0.4, -0.2) is 53.5 Å². The van der Waals surface area contributed by atoms with Crippen molar-refractivity contribution in [1.82, 2.24) is 14.9 Å². The van der Waals surface area contributed by atoms with Crippen molar-refractivity contribution in [3.63, 3.8) is 0 Å². The summed E-state index contributed by atoms with van der Waals surface area (Å²) in [6.45, 7) is 7.88. The molecular formula is C26H28N6O3. The van der Waals surface area contributed by atoms with Crippen molar-refractivity contribution in [1.29, 1.82) is 0 Å². The maximum atomic E-state index is 11.3. The molecule has 0 bridgehead atoms. The number of likely N-dealkylation sites (N-methyl/N-ethyl adjacent to an activating group) is 1. The van der Waals surface area contributed by atoms with Gasteiger partial charge in [0.2, 0.25) is 0 Å². The third kappa shape index (κ3) is 5.36. The van der Waals surface area contributed by atoms with E-state index in [-0.39, 0.29) is 12.3 Å². The van der Waals surface area contributed by atoms with Gasteiger partial charge in [0, 0.05) is 49.8 Å². The van der Waals surface area contributed by atoms with E-state index in [4.69, 9.17) is 14.9 Å². The number of nitrogens with two attached hydrogens (primary N) is 1. The van der Waals surface area contributed by atoms with Crippen molar-refractivity contribution in [3.05, 3.63) is 72.1 Å². The predicted molar refractivity (Wildman–Crippen MR) is 135 cm³/mol. The van der Waals surface area contributed by atoms with Gasteiger partial charge in [0.1, 0.15) is 23.6 Å². The third-order valence-corrected chi connectivity index (χ3v) is 6.14. The SMILES string of the molecule is CCN1CCN(c2ccc(Nc3nc4cc(OCc5ccnc(C(N)=O)c5)ccc4o3)cc2)CC1. The van der Waals surface area contributed by atoms with Crippen LogP contribution in [0.5, 0.6) is 5.75 Å². The summed E-state index contributed by atoms with van der Waals surface area (Å²) in [5.74, 6) is 0.0719. The Hall–Kier alpha value is -4.11. The summed E-state index contributed by atoms with van der Waals surface area (Å²) in [5, 5.41) is 3.24. The molecule has 1 aliphatic rings. The highest BCUT2D eigenvalue weighted by Crippen LogP contribution is 2.27. The average molecular weight is 473 g/mol. The number of carbonyl (C=O) groups is 1. The molecule has 1 aliphatic heterocycles. The van der Waals surface area contributed by atoms with Gasteiger partial charge < -0.3 is 30.0 Å². The summed E-state index contributed by atoms with van der Waals surface area (Å²) >= 11 is 0. The van der Waals surface area contributed by atoms with Crippen LogP contribution < -0.4 is 20.7 Å². The highest BCUT2D eigenvalue weighted by molar-refractivity contribution is 5.90. The van der Waals surface area contributed by atoms with Crippen LogP contribution in [0, 0.1) is 0 Å². The second-order valence-corrected chi connectivity index (χ2v) is 8.44. The normalized spacial score (nSPS) is 14.3. The van der Waals surface area contributed by atoms with Crippen molar-refractivity contribution in [3.8, 4) is 5.75 Å². The highest BCUT2D eigenvalue weighted by atomic mass is 16.5. The number of ether oxygens (including phenoxy) is 1. The quantitative estimate of drug-likeness (QED) is 0.399. The second-order valence-electron chi connectivity index (χ2n) is 8.44. The van der Waals surface area contributed by atoms with Crippen molar-refractivity contribution < 1.29 is 13.9 Å². The number of piperazine rings is 1. The zero-order valence-electron chi connectivity index (χ0n) is 19.6. The van der Waals surface area contributed by atoms with Crippen molar-refractivity contribution in [2.24, 2.45) is 5.73 Å². The number of oxazole rings is 1. The summed E-state index contributed by atoms with van der Waals surface area (Å²) < 4.78 is 11.7. The second kappa shape index (κ2) is 10.0. The number of fused-ring (bicyclic) bond motifs is 1. The number of hydrogen-bond donors (Lipinski definition) is 2. The van der Waals surface area contributed by atoms with E-state index in [0.29, 0.717) is 22.9 Å². The van der Waals surface area contributed by atoms with Gasteiger partial charge in [-0.05, 0) is 60.6 Å². The Balaban J connectivity index is 1.21. The number of hydrogen-bond acceptors (Lipinski definition) is 8. The number of primary amides is 1. The molecule has 2 aromatic carbocycles. The molecule has 9 nitrogen and oxygen atoms in total. The van der Waals surface area contributed by atoms with Crippen LogP contribution in [0.2, 0.25) is 0 Å². The van der Waals surface area contributed by atoms with Gasteiger partial charge in [-0.1, -0.05) is 6.92 Å². The lowest BCUT2D eigenvalue weighted by atomic mass is 10.2. The molecule has 0 atom stereocenters. The molecule has 35 heavy (non-hydrogen) atoms. The number of anilines is 3. The van der Waals surface area contributed by atoms with E-state index in [1.807, 2.05) is 30.3 Å². The van der Waals surface area contributed by atoms with Crippen LogP contribution in [0.1, 0.15) is 23.0 Å². The minimum absolute atomic E-state index is 0.209. The van der Waals surface area contributed by atoms with E-state index in [1.54, 1.807) is 12.1 Å². The number of pyridine rings is 1. The van der Waals surface area contributed by atoms with Gasteiger partial charge in [-0.15, -0.1) is 0 Å². The average Bonchev–Trinajstić information content (AvgIpc) is 3.29. The lowest BCUT2D eigenvalue weighted by Gasteiger charge is -2.35. The number of amides is 1. The van der Waals surface area contributed by atoms with E-state index in [9.17, 15) is 4.79 Å². The predicted octanol–water partition coefficient (Wildman–Crippen LogP) is 3.79. The lowest BCUT2D eigenvalue weighted by molar-refractivity contribution is 0.0995. The monoisotopic (exact) mass is 472 g/mol. The van der Waals surface area contributed by atoms with Gasteiger partial charge >= 0.3 is 0 Å². The Morgan fingerprint density at radius 1 is 1.09 bits per heavy atom. The van der Waals surface area contributed by atoms with Crippen molar-refractivity contribution in [2.45, 2.75) is 13.5 Å². The number of carbonyl (C=O) groups excluding carboxylic acids is 1. The Morgan fingerprint density at radius 2 is 1.89 bits per heavy atom. The standard InChI is InChI=1S/C26H28N6O3/c1-2-31-11-13-32(14-12-31)20-5-3-19(4-6-20)29-26-30-22-16-21(7-8-24(22)35-26)34-17-18-9-10-28-23(15-18)25(27)33/h3-10,15-16H,2,11-14,17H2,1H3,(H2,27,33)(H,29,30). The van der Waals surface area contributed by atoms with Gasteiger partial charge in [0.05, 0.1) is 0 Å². The summed E-state index contributed by atoms with van der Waals surface area (Å²) in [7, 11) is 0. The molecule has 0 spiro atoms. The molecule has 9 heteroatoms. The number of aromatic nitrogens is 2. The number of rotatable bonds is 8. The fourth-order valence-corrected chi connectivity index (χ4v) is 4.12. The molecule has 0 saturated carbocycles. The molecule has 3 heterocycles. The van der Waals surface area contributed by atoms with Gasteiger partial charge in [0.15, 0.2) is 5.58 Å². The molecule has 1 amide bonds. The van der Waals surface area contributed by atoms with Crippen LogP contribution in [-0.2, 0) is 6.61 Å². The fraction of sp³-hybridized carbons (Fsp3) is 0.269. The molecule has 1 saturated heterocycles. The van der Waals surface area contributed by atoms with Crippen LogP contribution in [0.25, 0.3) is 11.1 Å². The molecule has 4 aromatic rings. The van der Waals surface area contributed by atoms with Gasteiger partial charge in [-0.3, -0.25) is 9.78 Å². The Labute approximate surface area is 203 Å². The molecular weight excluding hydrogens is 444 g/mol. The minimum Gasteiger partial charge on any atom is -0.489 e. The fourth-order valence-electron chi connectivity index (χ4n) is 4.12. The van der Waals surface area contributed by atoms with E-state index in [0.717, 1.165) is 44.0 Å². The minimum atomic E-state index is -0.569. The first-order valence-electron chi connectivity index (χ1n) is 11.7. The molecule has 0 radical (unpaired) electrons. The largest absolute Gasteiger partial charge is 0.489 e. The van der Waals surface area contributed by atoms with Crippen LogP contribution >= 0.6 is 0 Å². The lowest BCUT2D eigenvalue weighted by Crippen LogP contribution is -2.46. The van der Waals surface area contributed by atoms with E-state index >= 15 is 0 Å². The molecule has 0 unspecified atom stereocenters. The van der Waals surface area contributed by atoms with E-state index < -0.39 is 5.91 Å². The molecule has 1 fully saturated rings. The van der Waals surface area contributed by atoms with E-state index in [1.165, 1.54) is 11.9 Å². The van der Waals surface area contributed by atoms with Gasteiger partial charge in [0.25, 0.3) is 11.9 Å². The molecule has 0 aliphatic carbocycles. The molecule has 2 aromatic heterocycles. The van der Waals surface area contributed by atoms with Gasteiger partial charge in [-0.25, -0.2) is 0 Å². The summed E-state index contributed by atoms with van der Waals surface area (Å²) in [4.78, 5) is 24.7. The zero-order chi connectivity index (χ0) is 24.2. The summed E-state index contributed by atoms with van der Waals surface area (Å²) in [6.07, 6.45) is 1.54. The summed E-state index contributed by atoms with van der Waals surface area (Å²) in [6, 6.07) is 17.6. The first kappa shape index (κ1) is 22.7. The topological polar surface area (TPSA) is 110 Å². The van der Waals surface area contributed by atoms with Crippen LogP contribution in [0.3, 0.4) is 0 Å². The van der Waals surface area contributed by atoms with Crippen LogP contribution in [0.15, 0.2) is 65.2 Å². The number of nitrogens with one attached hydrogen (secondary N) is 1. The Bertz CT molecular complexity index is 1310. The molecule has 180 valence electrons. The van der Waals surface area contributed by atoms with Crippen molar-refractivity contribution >= 4 is 34.4 Å². The van der Waals surface area contributed by atoms with Crippen molar-refractivity contribution in [2.75, 3.05) is 42.9 Å². The maximum absolute atomic E-state index is 11.3. The molecule has 5 rings (SSSR count). The van der Waals surface area contributed by atoms with Gasteiger partial charge in [-0.2, -0.15) is 4.98 Å². The number of benzene rings is 2.